The van der Waals surface area contributed by atoms with E-state index in [9.17, 15) is 9.59 Å². The molecule has 218 valence electrons. The third-order valence-corrected chi connectivity index (χ3v) is 8.54. The summed E-state index contributed by atoms with van der Waals surface area (Å²) >= 11 is 1.31. The maximum absolute atomic E-state index is 14.2. The number of amides is 1. The number of carbonyl (C=O) groups is 1. The number of fused-ring (bicyclic) bond motifs is 1. The van der Waals surface area contributed by atoms with E-state index in [0.717, 1.165) is 22.4 Å². The number of benzene rings is 2. The first-order chi connectivity index (χ1) is 19.6. The molecule has 0 radical (unpaired) electrons. The van der Waals surface area contributed by atoms with Gasteiger partial charge in [-0.05, 0) is 86.7 Å². The lowest BCUT2D eigenvalue weighted by Gasteiger charge is -2.30. The van der Waals surface area contributed by atoms with Crippen LogP contribution in [0.15, 0.2) is 51.4 Å². The van der Waals surface area contributed by atoms with E-state index >= 15 is 0 Å². The second-order valence-electron chi connectivity index (χ2n) is 10.3. The van der Waals surface area contributed by atoms with Crippen molar-refractivity contribution in [2.75, 3.05) is 34.4 Å². The molecule has 0 fully saturated rings. The first-order valence-electron chi connectivity index (χ1n) is 13.8. The van der Waals surface area contributed by atoms with Crippen LogP contribution in [0.2, 0.25) is 0 Å². The minimum atomic E-state index is -0.741. The molecule has 1 atom stereocenters. The summed E-state index contributed by atoms with van der Waals surface area (Å²) in [7, 11) is 4.84. The SMILES string of the molecule is CCN(CC)C(=O)C1=C(C)N=c2s/c(=C/c3cc(C(C)C)c(OC)cc3C)c(=O)n2[C@H]1c1cc(OC)ccc1OC. The minimum absolute atomic E-state index is 0.159. The molecule has 1 aromatic heterocycles. The molecule has 4 rings (SSSR count). The van der Waals surface area contributed by atoms with Gasteiger partial charge in [-0.1, -0.05) is 25.2 Å². The molecule has 0 saturated carbocycles. The van der Waals surface area contributed by atoms with Gasteiger partial charge in [-0.15, -0.1) is 0 Å². The van der Waals surface area contributed by atoms with Gasteiger partial charge in [0.1, 0.15) is 23.3 Å². The van der Waals surface area contributed by atoms with Crippen molar-refractivity contribution in [3.63, 3.8) is 0 Å². The van der Waals surface area contributed by atoms with Crippen molar-refractivity contribution < 1.29 is 19.0 Å². The Balaban J connectivity index is 2.03. The number of ether oxygens (including phenoxy) is 3. The third kappa shape index (κ3) is 5.55. The van der Waals surface area contributed by atoms with Crippen LogP contribution >= 0.6 is 11.3 Å². The van der Waals surface area contributed by atoms with Gasteiger partial charge in [0.2, 0.25) is 0 Å². The highest BCUT2D eigenvalue weighted by molar-refractivity contribution is 7.07. The van der Waals surface area contributed by atoms with Crippen LogP contribution in [0.5, 0.6) is 17.2 Å². The van der Waals surface area contributed by atoms with Crippen molar-refractivity contribution >= 4 is 23.3 Å². The zero-order valence-electron chi connectivity index (χ0n) is 25.3. The summed E-state index contributed by atoms with van der Waals surface area (Å²) < 4.78 is 19.0. The Hall–Kier alpha value is -3.85. The largest absolute Gasteiger partial charge is 0.497 e. The van der Waals surface area contributed by atoms with Gasteiger partial charge in [0.15, 0.2) is 4.80 Å². The lowest BCUT2D eigenvalue weighted by molar-refractivity contribution is -0.127. The maximum atomic E-state index is 14.2. The number of methoxy groups -OCH3 is 3. The standard InChI is InChI=1S/C32H39N3O5S/c1-10-34(11-2)31(37)28-20(6)33-32-35(29(28)24-17-22(38-7)12-13-25(24)39-8)30(36)27(41-32)16-21-15-23(18(3)4)26(40-9)14-19(21)5/h12-18,29H,10-11H2,1-9H3/b27-16+/t29-/m0/s1. The molecule has 0 aliphatic carbocycles. The normalized spacial score (nSPS) is 15.1. The second-order valence-corrected chi connectivity index (χ2v) is 11.3. The summed E-state index contributed by atoms with van der Waals surface area (Å²) in [5.74, 6) is 2.07. The zero-order chi connectivity index (χ0) is 30.0. The quantitative estimate of drug-likeness (QED) is 0.373. The van der Waals surface area contributed by atoms with E-state index < -0.39 is 6.04 Å². The van der Waals surface area contributed by atoms with Gasteiger partial charge in [0.05, 0.1) is 37.1 Å². The number of thiazole rings is 1. The van der Waals surface area contributed by atoms with Gasteiger partial charge < -0.3 is 19.1 Å². The zero-order valence-corrected chi connectivity index (χ0v) is 26.1. The van der Waals surface area contributed by atoms with Crippen molar-refractivity contribution in [2.45, 2.75) is 53.5 Å². The number of allylic oxidation sites excluding steroid dienone is 1. The van der Waals surface area contributed by atoms with Crippen molar-refractivity contribution in [2.24, 2.45) is 4.99 Å². The number of aryl methyl sites for hydroxylation is 1. The lowest BCUT2D eigenvalue weighted by Crippen LogP contribution is -2.43. The lowest BCUT2D eigenvalue weighted by atomic mass is 9.93. The number of hydrogen-bond donors (Lipinski definition) is 0. The van der Waals surface area contributed by atoms with Crippen LogP contribution in [-0.2, 0) is 4.79 Å². The Morgan fingerprint density at radius 1 is 1.05 bits per heavy atom. The highest BCUT2D eigenvalue weighted by atomic mass is 32.1. The molecule has 0 spiro atoms. The van der Waals surface area contributed by atoms with Crippen LogP contribution in [0, 0.1) is 6.92 Å². The van der Waals surface area contributed by atoms with Crippen molar-refractivity contribution in [3.8, 4) is 17.2 Å². The number of nitrogens with zero attached hydrogens (tertiary/aromatic N) is 3. The van der Waals surface area contributed by atoms with E-state index in [1.165, 1.54) is 11.3 Å². The summed E-state index contributed by atoms with van der Waals surface area (Å²) in [4.78, 5) is 35.2. The van der Waals surface area contributed by atoms with E-state index in [1.54, 1.807) is 42.9 Å². The van der Waals surface area contributed by atoms with Crippen LogP contribution in [-0.4, -0.2) is 49.8 Å². The van der Waals surface area contributed by atoms with Gasteiger partial charge in [0, 0.05) is 18.7 Å². The fraction of sp³-hybridized carbons (Fsp3) is 0.406. The van der Waals surface area contributed by atoms with Crippen LogP contribution in [0.3, 0.4) is 0 Å². The van der Waals surface area contributed by atoms with E-state index in [2.05, 4.69) is 19.9 Å². The Kier molecular flexibility index (Phi) is 9.07. The van der Waals surface area contributed by atoms with Crippen molar-refractivity contribution in [1.82, 2.24) is 9.47 Å². The highest BCUT2D eigenvalue weighted by Gasteiger charge is 2.36. The third-order valence-electron chi connectivity index (χ3n) is 7.56. The first kappa shape index (κ1) is 30.1. The summed E-state index contributed by atoms with van der Waals surface area (Å²) in [6.45, 7) is 13.0. The van der Waals surface area contributed by atoms with Gasteiger partial charge in [-0.3, -0.25) is 14.2 Å². The summed E-state index contributed by atoms with van der Waals surface area (Å²) in [6, 6.07) is 8.78. The van der Waals surface area contributed by atoms with Crippen LogP contribution in [0.25, 0.3) is 6.08 Å². The number of carbonyl (C=O) groups excluding carboxylic acids is 1. The van der Waals surface area contributed by atoms with Gasteiger partial charge in [0.25, 0.3) is 11.5 Å². The molecule has 0 unspecified atom stereocenters. The predicted molar refractivity (Wildman–Crippen MR) is 163 cm³/mol. The molecule has 0 saturated heterocycles. The van der Waals surface area contributed by atoms with Crippen molar-refractivity contribution in [1.29, 1.82) is 0 Å². The van der Waals surface area contributed by atoms with E-state index in [0.29, 0.717) is 50.8 Å². The second kappa shape index (κ2) is 12.3. The average molecular weight is 578 g/mol. The van der Waals surface area contributed by atoms with Crippen LogP contribution < -0.4 is 29.1 Å². The van der Waals surface area contributed by atoms with Crippen LogP contribution in [0.4, 0.5) is 0 Å². The first-order valence-corrected chi connectivity index (χ1v) is 14.6. The number of rotatable bonds is 9. The predicted octanol–water partition coefficient (Wildman–Crippen LogP) is 4.56. The van der Waals surface area contributed by atoms with E-state index in [1.807, 2.05) is 45.9 Å². The summed E-state index contributed by atoms with van der Waals surface area (Å²) in [5, 5.41) is 0. The topological polar surface area (TPSA) is 82.4 Å². The molecule has 2 heterocycles. The fourth-order valence-electron chi connectivity index (χ4n) is 5.26. The number of hydrogen-bond acceptors (Lipinski definition) is 7. The molecular weight excluding hydrogens is 538 g/mol. The molecule has 1 aliphatic rings. The van der Waals surface area contributed by atoms with E-state index in [-0.39, 0.29) is 17.4 Å². The van der Waals surface area contributed by atoms with Crippen LogP contribution in [0.1, 0.15) is 68.8 Å². The molecule has 0 N–H and O–H groups in total. The number of likely N-dealkylation sites (N-methyl/N-ethyl adjacent to an activating group) is 1. The smallest absolute Gasteiger partial charge is 0.271 e. The Morgan fingerprint density at radius 2 is 1.73 bits per heavy atom. The Bertz CT molecular complexity index is 1680. The molecule has 41 heavy (non-hydrogen) atoms. The summed E-state index contributed by atoms with van der Waals surface area (Å²) in [6.07, 6.45) is 1.91. The minimum Gasteiger partial charge on any atom is -0.497 e. The molecule has 0 bridgehead atoms. The highest BCUT2D eigenvalue weighted by Crippen LogP contribution is 2.38. The Labute approximate surface area is 245 Å². The maximum Gasteiger partial charge on any atom is 0.271 e. The van der Waals surface area contributed by atoms with Crippen molar-refractivity contribution in [3.05, 3.63) is 83.5 Å². The monoisotopic (exact) mass is 577 g/mol. The molecule has 2 aromatic carbocycles. The molecule has 9 heteroatoms. The number of aromatic nitrogens is 1. The fourth-order valence-corrected chi connectivity index (χ4v) is 6.30. The Morgan fingerprint density at radius 3 is 2.32 bits per heavy atom. The molecule has 8 nitrogen and oxygen atoms in total. The molecular formula is C32H39N3O5S. The summed E-state index contributed by atoms with van der Waals surface area (Å²) in [5.41, 5.74) is 4.46. The van der Waals surface area contributed by atoms with Gasteiger partial charge >= 0.3 is 0 Å². The van der Waals surface area contributed by atoms with Gasteiger partial charge in [-0.2, -0.15) is 0 Å². The van der Waals surface area contributed by atoms with Gasteiger partial charge in [-0.25, -0.2) is 4.99 Å². The molecule has 1 aliphatic heterocycles. The average Bonchev–Trinajstić information content (AvgIpc) is 3.26. The molecule has 3 aromatic rings. The van der Waals surface area contributed by atoms with E-state index in [4.69, 9.17) is 19.2 Å². The molecule has 1 amide bonds.